The molecule has 0 unspecified atom stereocenters. The third kappa shape index (κ3) is 1.85. The van der Waals surface area contributed by atoms with Gasteiger partial charge in [0.15, 0.2) is 0 Å². The van der Waals surface area contributed by atoms with Crippen molar-refractivity contribution in [1.29, 1.82) is 0 Å². The number of nitrogens with two attached hydrogens (primary N) is 2. The maximum atomic E-state index is 5.82. The van der Waals surface area contributed by atoms with Crippen LogP contribution in [0, 0.1) is 6.92 Å². The number of hydrogen-bond donors (Lipinski definition) is 2. The third-order valence-corrected chi connectivity index (χ3v) is 2.28. The fourth-order valence-electron chi connectivity index (χ4n) is 1.50. The summed E-state index contributed by atoms with van der Waals surface area (Å²) in [6, 6.07) is 9.73. The zero-order chi connectivity index (χ0) is 10.8. The zero-order valence-corrected chi connectivity index (χ0v) is 8.64. The average molecular weight is 202 g/mol. The molecule has 0 bridgehead atoms. The molecule has 0 saturated heterocycles. The predicted octanol–water partition coefficient (Wildman–Crippen LogP) is 1.22. The van der Waals surface area contributed by atoms with Gasteiger partial charge in [-0.25, -0.2) is 4.68 Å². The Morgan fingerprint density at radius 1 is 1.27 bits per heavy atom. The van der Waals surface area contributed by atoms with Gasteiger partial charge in [-0.1, -0.05) is 12.1 Å². The van der Waals surface area contributed by atoms with Gasteiger partial charge in [0.25, 0.3) is 0 Å². The SMILES string of the molecule is Cc1cc(N)n(-c2ccc(CN)cc2)n1. The second kappa shape index (κ2) is 3.74. The van der Waals surface area contributed by atoms with Crippen molar-refractivity contribution >= 4 is 5.82 Å². The zero-order valence-electron chi connectivity index (χ0n) is 8.64. The number of benzene rings is 1. The second-order valence-electron chi connectivity index (χ2n) is 3.49. The topological polar surface area (TPSA) is 69.9 Å². The third-order valence-electron chi connectivity index (χ3n) is 2.28. The van der Waals surface area contributed by atoms with Crippen LogP contribution < -0.4 is 11.5 Å². The van der Waals surface area contributed by atoms with Gasteiger partial charge in [0.1, 0.15) is 5.82 Å². The number of aryl methyl sites for hydroxylation is 1. The minimum absolute atomic E-state index is 0.550. The van der Waals surface area contributed by atoms with Gasteiger partial charge in [-0.3, -0.25) is 0 Å². The molecule has 4 N–H and O–H groups in total. The number of anilines is 1. The first-order chi connectivity index (χ1) is 7.20. The van der Waals surface area contributed by atoms with Crippen molar-refractivity contribution < 1.29 is 0 Å². The molecule has 2 aromatic rings. The fourth-order valence-corrected chi connectivity index (χ4v) is 1.50. The molecule has 0 aliphatic carbocycles. The lowest BCUT2D eigenvalue weighted by atomic mass is 10.2. The van der Waals surface area contributed by atoms with E-state index in [1.807, 2.05) is 37.3 Å². The van der Waals surface area contributed by atoms with Gasteiger partial charge in [-0.05, 0) is 24.6 Å². The van der Waals surface area contributed by atoms with Gasteiger partial charge in [-0.15, -0.1) is 0 Å². The van der Waals surface area contributed by atoms with E-state index in [1.165, 1.54) is 0 Å². The molecule has 78 valence electrons. The van der Waals surface area contributed by atoms with Crippen LogP contribution >= 0.6 is 0 Å². The molecule has 1 heterocycles. The Balaban J connectivity index is 2.41. The van der Waals surface area contributed by atoms with E-state index in [4.69, 9.17) is 11.5 Å². The molecule has 0 aliphatic heterocycles. The van der Waals surface area contributed by atoms with Crippen LogP contribution in [0.5, 0.6) is 0 Å². The van der Waals surface area contributed by atoms with Crippen LogP contribution in [-0.2, 0) is 6.54 Å². The molecular formula is C11H14N4. The first kappa shape index (κ1) is 9.73. The number of aromatic nitrogens is 2. The molecule has 0 fully saturated rings. The predicted molar refractivity (Wildman–Crippen MR) is 60.6 cm³/mol. The van der Waals surface area contributed by atoms with Crippen LogP contribution in [0.4, 0.5) is 5.82 Å². The van der Waals surface area contributed by atoms with Crippen molar-refractivity contribution in [1.82, 2.24) is 9.78 Å². The summed E-state index contributed by atoms with van der Waals surface area (Å²) in [6.07, 6.45) is 0. The summed E-state index contributed by atoms with van der Waals surface area (Å²) in [5, 5.41) is 4.30. The van der Waals surface area contributed by atoms with Gasteiger partial charge in [0.05, 0.1) is 11.4 Å². The largest absolute Gasteiger partial charge is 0.384 e. The summed E-state index contributed by atoms with van der Waals surface area (Å²) in [4.78, 5) is 0. The second-order valence-corrected chi connectivity index (χ2v) is 3.49. The van der Waals surface area contributed by atoms with Crippen molar-refractivity contribution in [3.8, 4) is 5.69 Å². The summed E-state index contributed by atoms with van der Waals surface area (Å²) in [5.74, 6) is 0.646. The van der Waals surface area contributed by atoms with E-state index in [-0.39, 0.29) is 0 Å². The molecule has 4 heteroatoms. The van der Waals surface area contributed by atoms with E-state index in [0.29, 0.717) is 12.4 Å². The van der Waals surface area contributed by atoms with E-state index < -0.39 is 0 Å². The van der Waals surface area contributed by atoms with Crippen molar-refractivity contribution in [3.05, 3.63) is 41.6 Å². The van der Waals surface area contributed by atoms with Gasteiger partial charge in [0, 0.05) is 12.6 Å². The first-order valence-electron chi connectivity index (χ1n) is 4.82. The molecule has 1 aromatic carbocycles. The molecule has 2 rings (SSSR count). The minimum Gasteiger partial charge on any atom is -0.384 e. The van der Waals surface area contributed by atoms with Crippen LogP contribution in [0.15, 0.2) is 30.3 Å². The fraction of sp³-hybridized carbons (Fsp3) is 0.182. The normalized spacial score (nSPS) is 10.5. The smallest absolute Gasteiger partial charge is 0.127 e. The Kier molecular flexibility index (Phi) is 2.43. The molecular weight excluding hydrogens is 188 g/mol. The maximum absolute atomic E-state index is 5.82. The molecule has 0 spiro atoms. The highest BCUT2D eigenvalue weighted by atomic mass is 15.3. The average Bonchev–Trinajstić information content (AvgIpc) is 2.58. The van der Waals surface area contributed by atoms with Gasteiger partial charge < -0.3 is 11.5 Å². The van der Waals surface area contributed by atoms with E-state index in [0.717, 1.165) is 16.9 Å². The van der Waals surface area contributed by atoms with Gasteiger partial charge >= 0.3 is 0 Å². The highest BCUT2D eigenvalue weighted by Gasteiger charge is 2.03. The standard InChI is InChI=1S/C11H14N4/c1-8-6-11(13)15(14-8)10-4-2-9(7-12)3-5-10/h2-6H,7,12-13H2,1H3. The molecule has 0 amide bonds. The van der Waals surface area contributed by atoms with Crippen molar-refractivity contribution in [2.45, 2.75) is 13.5 Å². The highest BCUT2D eigenvalue weighted by molar-refractivity contribution is 5.43. The summed E-state index contributed by atoms with van der Waals surface area (Å²) in [7, 11) is 0. The van der Waals surface area contributed by atoms with Gasteiger partial charge in [-0.2, -0.15) is 5.10 Å². The van der Waals surface area contributed by atoms with Crippen LogP contribution in [0.3, 0.4) is 0 Å². The van der Waals surface area contributed by atoms with Crippen molar-refractivity contribution in [3.63, 3.8) is 0 Å². The summed E-state index contributed by atoms with van der Waals surface area (Å²) >= 11 is 0. The Labute approximate surface area is 88.5 Å². The Hall–Kier alpha value is -1.81. The summed E-state index contributed by atoms with van der Waals surface area (Å²) < 4.78 is 1.72. The van der Waals surface area contributed by atoms with Crippen LogP contribution in [0.2, 0.25) is 0 Å². The molecule has 1 aromatic heterocycles. The van der Waals surface area contributed by atoms with E-state index in [9.17, 15) is 0 Å². The lowest BCUT2D eigenvalue weighted by Gasteiger charge is -2.04. The minimum atomic E-state index is 0.550. The molecule has 0 atom stereocenters. The number of rotatable bonds is 2. The van der Waals surface area contributed by atoms with Crippen LogP contribution in [0.25, 0.3) is 5.69 Å². The number of hydrogen-bond acceptors (Lipinski definition) is 3. The molecule has 0 aliphatic rings. The van der Waals surface area contributed by atoms with Crippen LogP contribution in [0.1, 0.15) is 11.3 Å². The first-order valence-corrected chi connectivity index (χ1v) is 4.82. The number of nitrogens with zero attached hydrogens (tertiary/aromatic N) is 2. The lowest BCUT2D eigenvalue weighted by Crippen LogP contribution is -2.02. The summed E-state index contributed by atoms with van der Waals surface area (Å²) in [6.45, 7) is 2.47. The van der Waals surface area contributed by atoms with E-state index in [2.05, 4.69) is 5.10 Å². The lowest BCUT2D eigenvalue weighted by molar-refractivity contribution is 0.870. The quantitative estimate of drug-likeness (QED) is 0.769. The van der Waals surface area contributed by atoms with Crippen molar-refractivity contribution in [2.24, 2.45) is 5.73 Å². The summed E-state index contributed by atoms with van der Waals surface area (Å²) in [5.41, 5.74) is 14.3. The van der Waals surface area contributed by atoms with Crippen LogP contribution in [-0.4, -0.2) is 9.78 Å². The Morgan fingerprint density at radius 3 is 2.40 bits per heavy atom. The Bertz CT molecular complexity index is 456. The molecule has 4 nitrogen and oxygen atoms in total. The maximum Gasteiger partial charge on any atom is 0.127 e. The Morgan fingerprint density at radius 2 is 1.93 bits per heavy atom. The number of nitrogen functional groups attached to an aromatic ring is 1. The van der Waals surface area contributed by atoms with Crippen molar-refractivity contribution in [2.75, 3.05) is 5.73 Å². The molecule has 0 radical (unpaired) electrons. The monoisotopic (exact) mass is 202 g/mol. The highest BCUT2D eigenvalue weighted by Crippen LogP contribution is 2.14. The van der Waals surface area contributed by atoms with E-state index in [1.54, 1.807) is 4.68 Å². The molecule has 0 saturated carbocycles. The van der Waals surface area contributed by atoms with Gasteiger partial charge in [0.2, 0.25) is 0 Å². The van der Waals surface area contributed by atoms with E-state index >= 15 is 0 Å². The molecule has 15 heavy (non-hydrogen) atoms.